The summed E-state index contributed by atoms with van der Waals surface area (Å²) in [6, 6.07) is 15.9. The van der Waals surface area contributed by atoms with Crippen molar-refractivity contribution in [3.8, 4) is 0 Å². The minimum Gasteiger partial charge on any atom is -0.366 e. The van der Waals surface area contributed by atoms with Crippen molar-refractivity contribution >= 4 is 39.9 Å². The first-order valence-electron chi connectivity index (χ1n) is 13.1. The second-order valence-corrected chi connectivity index (χ2v) is 9.98. The Morgan fingerprint density at radius 3 is 2.55 bits per heavy atom. The van der Waals surface area contributed by atoms with Crippen LogP contribution in [0.3, 0.4) is 0 Å². The van der Waals surface area contributed by atoms with Crippen LogP contribution in [0.4, 0.5) is 11.5 Å². The third-order valence-electron chi connectivity index (χ3n) is 6.74. The summed E-state index contributed by atoms with van der Waals surface area (Å²) < 4.78 is 0. The summed E-state index contributed by atoms with van der Waals surface area (Å²) in [5.41, 5.74) is 9.28. The van der Waals surface area contributed by atoms with E-state index in [0.717, 1.165) is 12.0 Å². The maximum Gasteiger partial charge on any atom is 0.255 e. The first kappa shape index (κ1) is 28.3. The topological polar surface area (TPSA) is 150 Å². The quantitative estimate of drug-likeness (QED) is 0.205. The van der Waals surface area contributed by atoms with Gasteiger partial charge in [0, 0.05) is 29.4 Å². The Hall–Kier alpha value is -4.70. The Labute approximate surface area is 233 Å². The van der Waals surface area contributed by atoms with Crippen molar-refractivity contribution in [3.63, 3.8) is 0 Å². The molecule has 4 rings (SSSR count). The van der Waals surface area contributed by atoms with E-state index in [1.165, 1.54) is 6.33 Å². The second-order valence-electron chi connectivity index (χ2n) is 9.98. The van der Waals surface area contributed by atoms with Crippen molar-refractivity contribution in [1.82, 2.24) is 19.9 Å². The fraction of sp³-hybridized carbons (Fsp3) is 0.267. The number of carbonyl (C=O) groups is 2. The number of fused-ring (bicyclic) bond motifs is 1. The summed E-state index contributed by atoms with van der Waals surface area (Å²) in [6.07, 6.45) is 3.79. The number of hydrogen-bond acceptors (Lipinski definition) is 8. The molecule has 0 fully saturated rings. The number of hydrogen-bond donors (Lipinski definition) is 4. The third kappa shape index (κ3) is 6.47. The predicted molar refractivity (Wildman–Crippen MR) is 158 cm³/mol. The van der Waals surface area contributed by atoms with E-state index in [1.807, 2.05) is 63.2 Å². The molecule has 2 aromatic heterocycles. The number of nitrogens with one attached hydrogen (secondary N) is 3. The van der Waals surface area contributed by atoms with Crippen molar-refractivity contribution in [2.75, 3.05) is 31.3 Å². The standard InChI is InChI=1S/C30H34N8O2/c1-5-18(2)26(31)24-15-20(12-13-33-24)30(40)36-21-9-6-8-19(14-21)25(16-38(3)4)37-29-23-11-7-10-22(28(32)39)27(23)34-17-35-29/h6-15,17-18,25,31H,5,16H2,1-4H3,(H2,32,39)(H,36,40)(H,34,35,37). The van der Waals surface area contributed by atoms with E-state index in [9.17, 15) is 9.59 Å². The first-order chi connectivity index (χ1) is 19.2. The Balaban J connectivity index is 1.60. The molecule has 0 aliphatic heterocycles. The Kier molecular flexibility index (Phi) is 8.80. The van der Waals surface area contributed by atoms with Gasteiger partial charge in [0.05, 0.1) is 28.5 Å². The maximum absolute atomic E-state index is 13.1. The molecule has 0 radical (unpaired) electrons. The van der Waals surface area contributed by atoms with Crippen LogP contribution in [0.5, 0.6) is 0 Å². The molecule has 2 aromatic carbocycles. The van der Waals surface area contributed by atoms with Crippen LogP contribution in [0.2, 0.25) is 0 Å². The Bertz CT molecular complexity index is 1550. The lowest BCUT2D eigenvalue weighted by Crippen LogP contribution is -2.26. The van der Waals surface area contributed by atoms with Crippen LogP contribution in [0, 0.1) is 11.3 Å². The average molecular weight is 539 g/mol. The lowest BCUT2D eigenvalue weighted by molar-refractivity contribution is 0.0998. The van der Waals surface area contributed by atoms with Gasteiger partial charge in [-0.3, -0.25) is 14.6 Å². The van der Waals surface area contributed by atoms with Gasteiger partial charge in [0.25, 0.3) is 11.8 Å². The van der Waals surface area contributed by atoms with E-state index in [0.29, 0.717) is 51.5 Å². The predicted octanol–water partition coefficient (Wildman–Crippen LogP) is 4.50. The first-order valence-corrected chi connectivity index (χ1v) is 13.1. The van der Waals surface area contributed by atoms with Gasteiger partial charge in [0.2, 0.25) is 0 Å². The molecule has 0 saturated carbocycles. The molecule has 10 nitrogen and oxygen atoms in total. The molecule has 2 heterocycles. The van der Waals surface area contributed by atoms with Gasteiger partial charge in [0.1, 0.15) is 12.1 Å². The van der Waals surface area contributed by atoms with Crippen LogP contribution in [0.25, 0.3) is 10.9 Å². The normalized spacial score (nSPS) is 12.6. The molecular weight excluding hydrogens is 504 g/mol. The number of primary amides is 1. The van der Waals surface area contributed by atoms with Gasteiger partial charge >= 0.3 is 0 Å². The van der Waals surface area contributed by atoms with E-state index in [1.54, 1.807) is 30.5 Å². The number of carbonyl (C=O) groups excluding carboxylic acids is 2. The molecule has 0 spiro atoms. The number of pyridine rings is 1. The molecule has 0 aliphatic rings. The molecule has 0 aliphatic carbocycles. The number of rotatable bonds is 11. The van der Waals surface area contributed by atoms with Crippen molar-refractivity contribution in [2.24, 2.45) is 11.7 Å². The molecular formula is C30H34N8O2. The highest BCUT2D eigenvalue weighted by molar-refractivity contribution is 6.07. The minimum absolute atomic E-state index is 0.0537. The Morgan fingerprint density at radius 1 is 1.05 bits per heavy atom. The van der Waals surface area contributed by atoms with Crippen LogP contribution in [0.15, 0.2) is 67.1 Å². The summed E-state index contributed by atoms with van der Waals surface area (Å²) in [5.74, 6) is -0.210. The fourth-order valence-electron chi connectivity index (χ4n) is 4.38. The van der Waals surface area contributed by atoms with Crippen LogP contribution >= 0.6 is 0 Å². The number of likely N-dealkylation sites (N-methyl/N-ethyl adjacent to an activating group) is 1. The number of amides is 2. The zero-order valence-corrected chi connectivity index (χ0v) is 23.1. The average Bonchev–Trinajstić information content (AvgIpc) is 2.95. The van der Waals surface area contributed by atoms with Crippen molar-refractivity contribution in [2.45, 2.75) is 26.3 Å². The highest BCUT2D eigenvalue weighted by Gasteiger charge is 2.18. The van der Waals surface area contributed by atoms with Gasteiger partial charge < -0.3 is 26.7 Å². The van der Waals surface area contributed by atoms with Crippen LogP contribution in [0.1, 0.15) is 58.3 Å². The summed E-state index contributed by atoms with van der Waals surface area (Å²) in [5, 5.41) is 15.5. The Morgan fingerprint density at radius 2 is 1.82 bits per heavy atom. The van der Waals surface area contributed by atoms with Crippen LogP contribution in [-0.2, 0) is 0 Å². The maximum atomic E-state index is 13.1. The number of aromatic nitrogens is 3. The largest absolute Gasteiger partial charge is 0.366 e. The van der Waals surface area contributed by atoms with Gasteiger partial charge in [-0.25, -0.2) is 9.97 Å². The van der Waals surface area contributed by atoms with Crippen molar-refractivity contribution < 1.29 is 9.59 Å². The SMILES string of the molecule is CCC(C)C(=N)c1cc(C(=O)Nc2cccc(C(CN(C)C)Nc3ncnc4c(C(N)=O)cccc34)c2)ccn1. The molecule has 0 bridgehead atoms. The van der Waals surface area contributed by atoms with E-state index >= 15 is 0 Å². The third-order valence-corrected chi connectivity index (χ3v) is 6.74. The lowest BCUT2D eigenvalue weighted by atomic mass is 9.99. The molecule has 5 N–H and O–H groups in total. The molecule has 2 unspecified atom stereocenters. The molecule has 40 heavy (non-hydrogen) atoms. The number of nitrogens with zero attached hydrogens (tertiary/aromatic N) is 4. The molecule has 4 aromatic rings. The van der Waals surface area contributed by atoms with Gasteiger partial charge in [0.15, 0.2) is 0 Å². The smallest absolute Gasteiger partial charge is 0.255 e. The van der Waals surface area contributed by atoms with E-state index < -0.39 is 5.91 Å². The number of nitrogens with two attached hydrogens (primary N) is 1. The molecule has 0 saturated heterocycles. The monoisotopic (exact) mass is 538 g/mol. The van der Waals surface area contributed by atoms with Crippen molar-refractivity contribution in [3.05, 3.63) is 89.5 Å². The molecule has 2 amide bonds. The zero-order chi connectivity index (χ0) is 28.8. The van der Waals surface area contributed by atoms with E-state index in [-0.39, 0.29) is 17.9 Å². The molecule has 10 heteroatoms. The lowest BCUT2D eigenvalue weighted by Gasteiger charge is -2.24. The molecule has 2 atom stereocenters. The summed E-state index contributed by atoms with van der Waals surface area (Å²) in [4.78, 5) is 40.1. The number of para-hydroxylation sites is 1. The second kappa shape index (κ2) is 12.4. The van der Waals surface area contributed by atoms with Gasteiger partial charge in [-0.1, -0.05) is 32.0 Å². The highest BCUT2D eigenvalue weighted by Crippen LogP contribution is 2.27. The number of benzene rings is 2. The summed E-state index contributed by atoms with van der Waals surface area (Å²) >= 11 is 0. The van der Waals surface area contributed by atoms with Crippen molar-refractivity contribution in [1.29, 1.82) is 5.41 Å². The van der Waals surface area contributed by atoms with Crippen LogP contribution < -0.4 is 16.4 Å². The van der Waals surface area contributed by atoms with Gasteiger partial charge in [-0.15, -0.1) is 0 Å². The number of anilines is 2. The minimum atomic E-state index is -0.554. The van der Waals surface area contributed by atoms with Crippen LogP contribution in [-0.4, -0.2) is 58.0 Å². The summed E-state index contributed by atoms with van der Waals surface area (Å²) in [6.45, 7) is 4.62. The van der Waals surface area contributed by atoms with E-state index in [2.05, 4.69) is 25.6 Å². The van der Waals surface area contributed by atoms with Gasteiger partial charge in [-0.05, 0) is 68.4 Å². The van der Waals surface area contributed by atoms with E-state index in [4.69, 9.17) is 11.1 Å². The zero-order valence-electron chi connectivity index (χ0n) is 23.1. The highest BCUT2D eigenvalue weighted by atomic mass is 16.2. The fourth-order valence-corrected chi connectivity index (χ4v) is 4.38. The molecule has 206 valence electrons. The van der Waals surface area contributed by atoms with Gasteiger partial charge in [-0.2, -0.15) is 0 Å². The summed E-state index contributed by atoms with van der Waals surface area (Å²) in [7, 11) is 3.95.